The number of carbonyl (C=O) groups is 3. The summed E-state index contributed by atoms with van der Waals surface area (Å²) in [6, 6.07) is 0. The zero-order valence-corrected chi connectivity index (χ0v) is 11.6. The van der Waals surface area contributed by atoms with Crippen LogP contribution in [0.3, 0.4) is 0 Å². The van der Waals surface area contributed by atoms with E-state index in [2.05, 4.69) is 0 Å². The summed E-state index contributed by atoms with van der Waals surface area (Å²) in [5.41, 5.74) is 9.05. The van der Waals surface area contributed by atoms with E-state index in [4.69, 9.17) is 46.3 Å². The summed E-state index contributed by atoms with van der Waals surface area (Å²) < 4.78 is 0. The summed E-state index contributed by atoms with van der Waals surface area (Å²) in [5.74, 6) is -2.50. The van der Waals surface area contributed by atoms with Gasteiger partial charge in [0.25, 0.3) is 17.9 Å². The molecule has 0 bridgehead atoms. The van der Waals surface area contributed by atoms with Gasteiger partial charge in [0.1, 0.15) is 5.72 Å². The van der Waals surface area contributed by atoms with Crippen LogP contribution in [-0.4, -0.2) is 80.2 Å². The van der Waals surface area contributed by atoms with Gasteiger partial charge in [0.2, 0.25) is 0 Å². The molecule has 0 saturated carbocycles. The Morgan fingerprint density at radius 1 is 0.950 bits per heavy atom. The molecule has 0 radical (unpaired) electrons. The van der Waals surface area contributed by atoms with Crippen LogP contribution in [0.2, 0.25) is 0 Å². The van der Waals surface area contributed by atoms with Gasteiger partial charge in [-0.15, -0.1) is 0 Å². The van der Waals surface area contributed by atoms with Crippen LogP contribution in [0.25, 0.3) is 0 Å². The number of hydrogen-bond donors (Lipinski definition) is 6. The quantitative estimate of drug-likeness (QED) is 0.264. The number of aliphatic carboxylic acids is 3. The molecule has 0 aliphatic heterocycles. The molecule has 0 spiro atoms. The summed E-state index contributed by atoms with van der Waals surface area (Å²) in [6.07, 6.45) is 0.503. The molecule has 0 heterocycles. The Kier molecular flexibility index (Phi) is 32.6. The van der Waals surface area contributed by atoms with Gasteiger partial charge in [0.15, 0.2) is 0 Å². The van der Waals surface area contributed by atoms with Crippen LogP contribution in [0.15, 0.2) is 0 Å². The Hall–Kier alpha value is -0.710. The zero-order valence-electron chi connectivity index (χ0n) is 11.6. The fourth-order valence-corrected chi connectivity index (χ4v) is 0.144. The van der Waals surface area contributed by atoms with E-state index >= 15 is 0 Å². The van der Waals surface area contributed by atoms with Crippen LogP contribution >= 0.6 is 0 Å². The number of hydrogen-bond acceptors (Lipinski definition) is 6. The summed E-state index contributed by atoms with van der Waals surface area (Å²) in [7, 11) is 0. The molecule has 20 heavy (non-hydrogen) atoms. The zero-order chi connectivity index (χ0) is 16.6. The van der Waals surface area contributed by atoms with Crippen LogP contribution in [0.4, 0.5) is 0 Å². The van der Waals surface area contributed by atoms with Crippen LogP contribution < -0.4 is 11.5 Å². The first-order valence-electron chi connectivity index (χ1n) is 5.12. The van der Waals surface area contributed by atoms with Crippen molar-refractivity contribution in [1.29, 1.82) is 0 Å². The monoisotopic (exact) mass is 308 g/mol. The Bertz CT molecular complexity index is 213. The fourth-order valence-electron chi connectivity index (χ4n) is 0.144. The second-order valence-corrected chi connectivity index (χ2v) is 3.22. The molecule has 0 aromatic heterocycles. The molecule has 0 amide bonds. The van der Waals surface area contributed by atoms with E-state index in [0.717, 1.165) is 20.8 Å². The van der Waals surface area contributed by atoms with Gasteiger partial charge >= 0.3 is 29.6 Å². The van der Waals surface area contributed by atoms with Gasteiger partial charge in [0.05, 0.1) is 0 Å². The number of carboxylic acids is 3. The molecule has 1 unspecified atom stereocenters. The van der Waals surface area contributed by atoms with Gasteiger partial charge in [-0.3, -0.25) is 14.4 Å². The van der Waals surface area contributed by atoms with Crippen molar-refractivity contribution in [1.82, 2.24) is 0 Å². The third-order valence-electron chi connectivity index (χ3n) is 0.966. The Morgan fingerprint density at radius 3 is 1.10 bits per heavy atom. The van der Waals surface area contributed by atoms with Crippen LogP contribution in [0.1, 0.15) is 34.1 Å². The normalized spacial score (nSPS) is 10.3. The SMILES string of the molecule is CC(=O)O.CC(=O)O.CC(=O)O.CCC(N)(O)CN.[NaH]. The Labute approximate surface area is 140 Å². The van der Waals surface area contributed by atoms with E-state index in [-0.39, 0.29) is 36.1 Å². The van der Waals surface area contributed by atoms with Gasteiger partial charge < -0.3 is 31.9 Å². The van der Waals surface area contributed by atoms with E-state index in [1.165, 1.54) is 0 Å². The first-order valence-corrected chi connectivity index (χ1v) is 5.12. The number of rotatable bonds is 2. The summed E-state index contributed by atoms with van der Waals surface area (Å²) in [5, 5.41) is 31.0. The van der Waals surface area contributed by atoms with Crippen molar-refractivity contribution in [3.63, 3.8) is 0 Å². The molecule has 0 aromatic carbocycles. The van der Waals surface area contributed by atoms with Gasteiger partial charge in [0, 0.05) is 27.3 Å². The molecule has 8 N–H and O–H groups in total. The molecule has 1 atom stereocenters. The van der Waals surface area contributed by atoms with E-state index in [9.17, 15) is 0 Å². The molecule has 0 aliphatic rings. The molecule has 10 heteroatoms. The van der Waals surface area contributed by atoms with Gasteiger partial charge in [-0.1, -0.05) is 6.92 Å². The molecule has 0 aliphatic carbocycles. The molecule has 0 aromatic rings. The number of aliphatic hydroxyl groups is 1. The second kappa shape index (κ2) is 20.6. The predicted molar refractivity (Wildman–Crippen MR) is 75.6 cm³/mol. The molecule has 0 saturated heterocycles. The van der Waals surface area contributed by atoms with E-state index in [1.807, 2.05) is 0 Å². The minimum atomic E-state index is -1.14. The van der Waals surface area contributed by atoms with Crippen LogP contribution in [0, 0.1) is 0 Å². The van der Waals surface area contributed by atoms with Crippen molar-refractivity contribution in [2.45, 2.75) is 39.8 Å². The van der Waals surface area contributed by atoms with Crippen molar-refractivity contribution in [2.75, 3.05) is 6.54 Å². The Balaban J connectivity index is -0.0000000512. The molecule has 0 fully saturated rings. The van der Waals surface area contributed by atoms with Crippen molar-refractivity contribution in [3.05, 3.63) is 0 Å². The van der Waals surface area contributed by atoms with Crippen molar-refractivity contribution < 1.29 is 34.8 Å². The number of carboxylic acid groups (broad SMARTS) is 3. The Morgan fingerprint density at radius 2 is 1.10 bits per heavy atom. The molecule has 118 valence electrons. The van der Waals surface area contributed by atoms with E-state index in [0.29, 0.717) is 6.42 Å². The van der Waals surface area contributed by atoms with Crippen molar-refractivity contribution in [3.8, 4) is 0 Å². The average molecular weight is 308 g/mol. The van der Waals surface area contributed by atoms with Gasteiger partial charge in [-0.05, 0) is 6.42 Å². The van der Waals surface area contributed by atoms with E-state index < -0.39 is 23.6 Å². The topological polar surface area (TPSA) is 184 Å². The molecular weight excluding hydrogens is 283 g/mol. The summed E-state index contributed by atoms with van der Waals surface area (Å²) in [6.45, 7) is 5.16. The van der Waals surface area contributed by atoms with Crippen molar-refractivity contribution in [2.24, 2.45) is 11.5 Å². The molecule has 0 rings (SSSR count). The second-order valence-electron chi connectivity index (χ2n) is 3.22. The third-order valence-corrected chi connectivity index (χ3v) is 0.966. The third kappa shape index (κ3) is 164. The van der Waals surface area contributed by atoms with Crippen LogP contribution in [-0.2, 0) is 14.4 Å². The van der Waals surface area contributed by atoms with Crippen LogP contribution in [0.5, 0.6) is 0 Å². The fraction of sp³-hybridized carbons (Fsp3) is 0.700. The average Bonchev–Trinajstić information content (AvgIpc) is 2.15. The standard InChI is InChI=1S/C4H12N2O.3C2H4O2.Na.H/c1-2-4(6,7)3-5;3*1-2(3)4;;/h7H,2-3,5-6H2,1H3;3*1H3,(H,3,4);;. The maximum atomic E-state index is 9.00. The first-order chi connectivity index (χ1) is 8.32. The summed E-state index contributed by atoms with van der Waals surface area (Å²) in [4.78, 5) is 27.0. The first kappa shape index (κ1) is 31.6. The van der Waals surface area contributed by atoms with Gasteiger partial charge in [-0.25, -0.2) is 0 Å². The maximum absolute atomic E-state index is 9.00. The predicted octanol–water partition coefficient (Wildman–Crippen LogP) is -1.37. The molecule has 9 nitrogen and oxygen atoms in total. The van der Waals surface area contributed by atoms with Gasteiger partial charge in [-0.2, -0.15) is 0 Å². The molecular formula is C10H25N2NaO7. The summed E-state index contributed by atoms with van der Waals surface area (Å²) >= 11 is 0. The minimum absolute atomic E-state index is 0. The van der Waals surface area contributed by atoms with E-state index in [1.54, 1.807) is 6.92 Å². The number of nitrogens with two attached hydrogens (primary N) is 2. The van der Waals surface area contributed by atoms with Crippen molar-refractivity contribution >= 4 is 47.5 Å².